The Bertz CT molecular complexity index is 271. The Morgan fingerprint density at radius 3 is 2.80 bits per heavy atom. The van der Waals surface area contributed by atoms with Gasteiger partial charge in [-0.3, -0.25) is 4.98 Å². The van der Waals surface area contributed by atoms with Crippen LogP contribution in [0.25, 0.3) is 0 Å². The molecule has 0 bridgehead atoms. The minimum atomic E-state index is 0.309. The highest BCUT2D eigenvalue weighted by Gasteiger charge is 2.00. The molecule has 0 saturated carbocycles. The Hall–Kier alpha value is -0.930. The maximum absolute atomic E-state index is 5.60. The lowest BCUT2D eigenvalue weighted by Crippen LogP contribution is -2.08. The first-order valence-electron chi connectivity index (χ1n) is 5.46. The predicted octanol–water partition coefficient (Wildman–Crippen LogP) is 2.12. The maximum Gasteiger partial charge on any atom is 0.0891 e. The van der Waals surface area contributed by atoms with E-state index in [4.69, 9.17) is 4.74 Å². The molecule has 3 nitrogen and oxygen atoms in total. The van der Waals surface area contributed by atoms with Crippen molar-refractivity contribution in [3.05, 3.63) is 29.6 Å². The molecule has 0 aliphatic heterocycles. The summed E-state index contributed by atoms with van der Waals surface area (Å²) < 4.78 is 5.60. The Balaban J connectivity index is 2.42. The van der Waals surface area contributed by atoms with E-state index in [1.807, 2.05) is 19.3 Å². The summed E-state index contributed by atoms with van der Waals surface area (Å²) in [7, 11) is 1.93. The van der Waals surface area contributed by atoms with Crippen LogP contribution in [0.1, 0.15) is 31.5 Å². The summed E-state index contributed by atoms with van der Waals surface area (Å²) in [4.78, 5) is 4.34. The van der Waals surface area contributed by atoms with Crippen molar-refractivity contribution in [2.75, 3.05) is 7.05 Å². The van der Waals surface area contributed by atoms with Crippen LogP contribution in [0.3, 0.4) is 0 Å². The van der Waals surface area contributed by atoms with Crippen molar-refractivity contribution in [3.63, 3.8) is 0 Å². The van der Waals surface area contributed by atoms with Gasteiger partial charge in [-0.1, -0.05) is 13.0 Å². The van der Waals surface area contributed by atoms with Crippen LogP contribution < -0.4 is 5.32 Å². The molecule has 0 fully saturated rings. The molecule has 84 valence electrons. The van der Waals surface area contributed by atoms with Crippen molar-refractivity contribution in [2.45, 2.75) is 39.5 Å². The van der Waals surface area contributed by atoms with E-state index >= 15 is 0 Å². The van der Waals surface area contributed by atoms with Crippen LogP contribution in [0.4, 0.5) is 0 Å². The highest BCUT2D eigenvalue weighted by atomic mass is 16.5. The second-order valence-electron chi connectivity index (χ2n) is 3.72. The number of ether oxygens (including phenoxy) is 1. The summed E-state index contributed by atoms with van der Waals surface area (Å²) in [6.45, 7) is 5.66. The van der Waals surface area contributed by atoms with Crippen molar-refractivity contribution < 1.29 is 4.74 Å². The number of hydrogen-bond acceptors (Lipinski definition) is 3. The van der Waals surface area contributed by atoms with E-state index in [0.29, 0.717) is 12.7 Å². The van der Waals surface area contributed by atoms with Crippen LogP contribution in [-0.2, 0) is 17.9 Å². The Labute approximate surface area is 91.9 Å². The number of aromatic nitrogens is 1. The molecule has 1 aromatic heterocycles. The van der Waals surface area contributed by atoms with Gasteiger partial charge < -0.3 is 10.1 Å². The van der Waals surface area contributed by atoms with Gasteiger partial charge in [-0.25, -0.2) is 0 Å². The van der Waals surface area contributed by atoms with Gasteiger partial charge in [-0.15, -0.1) is 0 Å². The van der Waals surface area contributed by atoms with Crippen LogP contribution >= 0.6 is 0 Å². The van der Waals surface area contributed by atoms with Gasteiger partial charge in [-0.2, -0.15) is 0 Å². The fourth-order valence-corrected chi connectivity index (χ4v) is 1.19. The second-order valence-corrected chi connectivity index (χ2v) is 3.72. The first-order valence-corrected chi connectivity index (χ1v) is 5.46. The van der Waals surface area contributed by atoms with Crippen molar-refractivity contribution in [2.24, 2.45) is 0 Å². The molecule has 0 aromatic carbocycles. The van der Waals surface area contributed by atoms with Crippen molar-refractivity contribution in [1.82, 2.24) is 10.3 Å². The average molecular weight is 208 g/mol. The van der Waals surface area contributed by atoms with E-state index in [2.05, 4.69) is 30.2 Å². The van der Waals surface area contributed by atoms with Gasteiger partial charge in [0.15, 0.2) is 0 Å². The summed E-state index contributed by atoms with van der Waals surface area (Å²) in [5.74, 6) is 0. The van der Waals surface area contributed by atoms with E-state index < -0.39 is 0 Å². The second kappa shape index (κ2) is 6.53. The Kier molecular flexibility index (Phi) is 5.29. The lowest BCUT2D eigenvalue weighted by Gasteiger charge is -2.10. The van der Waals surface area contributed by atoms with Crippen LogP contribution in [0.15, 0.2) is 18.3 Å². The molecule has 1 unspecified atom stereocenters. The van der Waals surface area contributed by atoms with E-state index in [1.165, 1.54) is 5.56 Å². The van der Waals surface area contributed by atoms with Gasteiger partial charge in [0.25, 0.3) is 0 Å². The highest BCUT2D eigenvalue weighted by Crippen LogP contribution is 2.04. The Morgan fingerprint density at radius 1 is 1.47 bits per heavy atom. The summed E-state index contributed by atoms with van der Waals surface area (Å²) in [5, 5.41) is 3.09. The van der Waals surface area contributed by atoms with Crippen LogP contribution in [0.2, 0.25) is 0 Å². The molecule has 1 N–H and O–H groups in total. The molecule has 1 atom stereocenters. The fraction of sp³-hybridized carbons (Fsp3) is 0.583. The first kappa shape index (κ1) is 12.1. The molecule has 0 amide bonds. The summed E-state index contributed by atoms with van der Waals surface area (Å²) in [5.41, 5.74) is 2.19. The third kappa shape index (κ3) is 4.40. The molecule has 0 aliphatic carbocycles. The van der Waals surface area contributed by atoms with Gasteiger partial charge in [0.05, 0.1) is 18.4 Å². The lowest BCUT2D eigenvalue weighted by molar-refractivity contribution is 0.0489. The number of nitrogens with one attached hydrogen (secondary N) is 1. The van der Waals surface area contributed by atoms with Crippen LogP contribution in [0.5, 0.6) is 0 Å². The molecule has 15 heavy (non-hydrogen) atoms. The van der Waals surface area contributed by atoms with Gasteiger partial charge >= 0.3 is 0 Å². The monoisotopic (exact) mass is 208 g/mol. The van der Waals surface area contributed by atoms with Gasteiger partial charge in [-0.05, 0) is 32.0 Å². The number of hydrogen-bond donors (Lipinski definition) is 1. The summed E-state index contributed by atoms with van der Waals surface area (Å²) in [6.07, 6.45) is 3.24. The van der Waals surface area contributed by atoms with Crippen molar-refractivity contribution in [3.8, 4) is 0 Å². The molecule has 0 radical (unpaired) electrons. The molecule has 1 aromatic rings. The number of nitrogens with zero attached hydrogens (tertiary/aromatic N) is 1. The van der Waals surface area contributed by atoms with E-state index in [9.17, 15) is 0 Å². The predicted molar refractivity (Wildman–Crippen MR) is 61.5 cm³/mol. The molecule has 3 heteroatoms. The topological polar surface area (TPSA) is 34.1 Å². The average Bonchev–Trinajstić information content (AvgIpc) is 2.28. The van der Waals surface area contributed by atoms with Gasteiger partial charge in [0, 0.05) is 12.7 Å². The van der Waals surface area contributed by atoms with Gasteiger partial charge in [0.2, 0.25) is 0 Å². The molecular formula is C12H20N2O. The number of pyridine rings is 1. The van der Waals surface area contributed by atoms with Crippen molar-refractivity contribution in [1.29, 1.82) is 0 Å². The Morgan fingerprint density at radius 2 is 2.27 bits per heavy atom. The van der Waals surface area contributed by atoms with E-state index in [-0.39, 0.29) is 0 Å². The summed E-state index contributed by atoms with van der Waals surface area (Å²) in [6, 6.07) is 4.11. The number of rotatable bonds is 6. The quantitative estimate of drug-likeness (QED) is 0.777. The normalized spacial score (nSPS) is 12.7. The minimum absolute atomic E-state index is 0.309. The zero-order valence-electron chi connectivity index (χ0n) is 9.79. The maximum atomic E-state index is 5.60. The lowest BCUT2D eigenvalue weighted by atomic mass is 10.2. The first-order chi connectivity index (χ1) is 7.26. The van der Waals surface area contributed by atoms with E-state index in [1.54, 1.807) is 0 Å². The molecule has 0 spiro atoms. The molecule has 1 heterocycles. The highest BCUT2D eigenvalue weighted by molar-refractivity contribution is 5.13. The smallest absolute Gasteiger partial charge is 0.0891 e. The molecule has 1 rings (SSSR count). The zero-order valence-corrected chi connectivity index (χ0v) is 9.79. The largest absolute Gasteiger partial charge is 0.372 e. The minimum Gasteiger partial charge on any atom is -0.372 e. The van der Waals surface area contributed by atoms with Crippen LogP contribution in [-0.4, -0.2) is 18.1 Å². The molecule has 0 aliphatic rings. The van der Waals surface area contributed by atoms with E-state index in [0.717, 1.165) is 18.7 Å². The third-order valence-corrected chi connectivity index (χ3v) is 2.36. The zero-order chi connectivity index (χ0) is 11.1. The summed E-state index contributed by atoms with van der Waals surface area (Å²) >= 11 is 0. The SMILES string of the molecule is CCC(C)OCc1ccc(CNC)cn1. The van der Waals surface area contributed by atoms with Crippen molar-refractivity contribution >= 4 is 0 Å². The molecule has 0 saturated heterocycles. The standard InChI is InChI=1S/C12H20N2O/c1-4-10(2)15-9-12-6-5-11(7-13-3)8-14-12/h5-6,8,10,13H,4,7,9H2,1-3H3. The fourth-order valence-electron chi connectivity index (χ4n) is 1.19. The van der Waals surface area contributed by atoms with Gasteiger partial charge in [0.1, 0.15) is 0 Å². The third-order valence-electron chi connectivity index (χ3n) is 2.36. The molecular weight excluding hydrogens is 188 g/mol. The van der Waals surface area contributed by atoms with Crippen LogP contribution in [0, 0.1) is 0 Å².